The van der Waals surface area contributed by atoms with Gasteiger partial charge < -0.3 is 15.8 Å². The molecule has 22 heavy (non-hydrogen) atoms. The van der Waals surface area contributed by atoms with Crippen molar-refractivity contribution in [2.24, 2.45) is 5.73 Å². The standard InChI is InChI=1S/C15H14N4O2S/c1-21-11-2-3-13-12(5-11)19-14(22-13)10-4-9(6-17-8-10)7-18-15(16)20/h2-6,8H,7H2,1H3,(H3,16,18,20). The predicted molar refractivity (Wildman–Crippen MR) is 85.8 cm³/mol. The number of aromatic nitrogens is 2. The van der Waals surface area contributed by atoms with E-state index in [1.807, 2.05) is 24.3 Å². The lowest BCUT2D eigenvalue weighted by Gasteiger charge is -2.03. The first kappa shape index (κ1) is 14.3. The second-order valence-corrected chi connectivity index (χ2v) is 5.68. The molecule has 1 aromatic carbocycles. The molecule has 0 saturated heterocycles. The molecule has 3 rings (SSSR count). The highest BCUT2D eigenvalue weighted by atomic mass is 32.1. The summed E-state index contributed by atoms with van der Waals surface area (Å²) in [5, 5.41) is 3.42. The van der Waals surface area contributed by atoms with Crippen LogP contribution in [0.4, 0.5) is 4.79 Å². The summed E-state index contributed by atoms with van der Waals surface area (Å²) in [6, 6.07) is 7.19. The van der Waals surface area contributed by atoms with Gasteiger partial charge in [0.2, 0.25) is 0 Å². The summed E-state index contributed by atoms with van der Waals surface area (Å²) < 4.78 is 6.29. The van der Waals surface area contributed by atoms with E-state index in [1.165, 1.54) is 0 Å². The second-order valence-electron chi connectivity index (χ2n) is 4.65. The Morgan fingerprint density at radius 3 is 3.00 bits per heavy atom. The molecule has 0 unspecified atom stereocenters. The van der Waals surface area contributed by atoms with Crippen LogP contribution in [-0.2, 0) is 6.54 Å². The average Bonchev–Trinajstić information content (AvgIpc) is 2.96. The van der Waals surface area contributed by atoms with Crippen molar-refractivity contribution in [3.63, 3.8) is 0 Å². The number of primary amides is 1. The van der Waals surface area contributed by atoms with Crippen LogP contribution < -0.4 is 15.8 Å². The molecule has 0 saturated carbocycles. The molecule has 2 aromatic heterocycles. The number of methoxy groups -OCH3 is 1. The first-order valence-corrected chi connectivity index (χ1v) is 7.39. The van der Waals surface area contributed by atoms with Crippen LogP contribution >= 0.6 is 11.3 Å². The number of hydrogen-bond acceptors (Lipinski definition) is 5. The van der Waals surface area contributed by atoms with Gasteiger partial charge in [-0.05, 0) is 23.8 Å². The van der Waals surface area contributed by atoms with Gasteiger partial charge in [0.1, 0.15) is 10.8 Å². The summed E-state index contributed by atoms with van der Waals surface area (Å²) in [4.78, 5) is 19.6. The van der Waals surface area contributed by atoms with Crippen molar-refractivity contribution in [1.82, 2.24) is 15.3 Å². The molecule has 0 aliphatic heterocycles. The summed E-state index contributed by atoms with van der Waals surface area (Å²) in [7, 11) is 1.63. The van der Waals surface area contributed by atoms with Gasteiger partial charge >= 0.3 is 6.03 Å². The molecule has 6 nitrogen and oxygen atoms in total. The van der Waals surface area contributed by atoms with Crippen LogP contribution in [0.25, 0.3) is 20.8 Å². The minimum absolute atomic E-state index is 0.342. The number of amides is 2. The molecule has 0 fully saturated rings. The molecular formula is C15H14N4O2S. The Kier molecular flexibility index (Phi) is 3.88. The van der Waals surface area contributed by atoms with Crippen molar-refractivity contribution < 1.29 is 9.53 Å². The monoisotopic (exact) mass is 314 g/mol. The summed E-state index contributed by atoms with van der Waals surface area (Å²) in [6.45, 7) is 0.342. The number of ether oxygens (including phenoxy) is 1. The third-order valence-electron chi connectivity index (χ3n) is 3.10. The second kappa shape index (κ2) is 5.98. The molecule has 7 heteroatoms. The topological polar surface area (TPSA) is 90.1 Å². The molecule has 0 radical (unpaired) electrons. The van der Waals surface area contributed by atoms with Gasteiger partial charge in [-0.3, -0.25) is 4.98 Å². The predicted octanol–water partition coefficient (Wildman–Crippen LogP) is 2.54. The zero-order valence-corrected chi connectivity index (χ0v) is 12.7. The Morgan fingerprint density at radius 1 is 1.36 bits per heavy atom. The number of urea groups is 1. The number of thiazole rings is 1. The number of nitrogens with two attached hydrogens (primary N) is 1. The minimum atomic E-state index is -0.558. The number of rotatable bonds is 4. The zero-order chi connectivity index (χ0) is 15.5. The van der Waals surface area contributed by atoms with Gasteiger partial charge in [0.25, 0.3) is 0 Å². The molecular weight excluding hydrogens is 300 g/mol. The molecule has 0 bridgehead atoms. The fourth-order valence-corrected chi connectivity index (χ4v) is 2.98. The van der Waals surface area contributed by atoms with E-state index in [0.717, 1.165) is 32.1 Å². The highest BCUT2D eigenvalue weighted by Crippen LogP contribution is 2.31. The average molecular weight is 314 g/mol. The third kappa shape index (κ3) is 2.99. The summed E-state index contributed by atoms with van der Waals surface area (Å²) in [5.41, 5.74) is 7.74. The van der Waals surface area contributed by atoms with Crippen LogP contribution in [0.5, 0.6) is 5.75 Å². The van der Waals surface area contributed by atoms with Crippen molar-refractivity contribution in [2.45, 2.75) is 6.54 Å². The van der Waals surface area contributed by atoms with Crippen LogP contribution in [-0.4, -0.2) is 23.1 Å². The molecule has 112 valence electrons. The van der Waals surface area contributed by atoms with Crippen molar-refractivity contribution in [3.8, 4) is 16.3 Å². The van der Waals surface area contributed by atoms with Crippen molar-refractivity contribution in [3.05, 3.63) is 42.2 Å². The molecule has 2 amide bonds. The Bertz CT molecular complexity index is 831. The lowest BCUT2D eigenvalue weighted by Crippen LogP contribution is -2.28. The number of fused-ring (bicyclic) bond motifs is 1. The van der Waals surface area contributed by atoms with Crippen molar-refractivity contribution >= 4 is 27.6 Å². The number of nitrogens with one attached hydrogen (secondary N) is 1. The highest BCUT2D eigenvalue weighted by molar-refractivity contribution is 7.21. The maximum absolute atomic E-state index is 10.8. The number of benzene rings is 1. The number of carbonyl (C=O) groups excluding carboxylic acids is 1. The Morgan fingerprint density at radius 2 is 2.23 bits per heavy atom. The summed E-state index contributed by atoms with van der Waals surface area (Å²) >= 11 is 1.58. The highest BCUT2D eigenvalue weighted by Gasteiger charge is 2.08. The molecule has 0 aliphatic rings. The lowest BCUT2D eigenvalue weighted by molar-refractivity contribution is 0.248. The van der Waals surface area contributed by atoms with E-state index in [1.54, 1.807) is 30.8 Å². The Hall–Kier alpha value is -2.67. The van der Waals surface area contributed by atoms with Gasteiger partial charge in [-0.15, -0.1) is 11.3 Å². The van der Waals surface area contributed by atoms with Gasteiger partial charge in [0, 0.05) is 30.6 Å². The molecule has 0 aliphatic carbocycles. The van der Waals surface area contributed by atoms with E-state index in [4.69, 9.17) is 10.5 Å². The molecule has 0 atom stereocenters. The van der Waals surface area contributed by atoms with Gasteiger partial charge in [0.15, 0.2) is 0 Å². The maximum Gasteiger partial charge on any atom is 0.312 e. The van der Waals surface area contributed by atoms with Crippen LogP contribution in [0.1, 0.15) is 5.56 Å². The quantitative estimate of drug-likeness (QED) is 0.774. The molecule has 0 spiro atoms. The van der Waals surface area contributed by atoms with Crippen LogP contribution in [0.3, 0.4) is 0 Å². The normalized spacial score (nSPS) is 10.6. The van der Waals surface area contributed by atoms with Crippen molar-refractivity contribution in [2.75, 3.05) is 7.11 Å². The number of hydrogen-bond donors (Lipinski definition) is 2. The first-order valence-electron chi connectivity index (χ1n) is 6.58. The first-order chi connectivity index (χ1) is 10.7. The molecule has 2 heterocycles. The maximum atomic E-state index is 10.8. The number of pyridine rings is 1. The molecule has 3 N–H and O–H groups in total. The van der Waals surface area contributed by atoms with Gasteiger partial charge in [-0.25, -0.2) is 9.78 Å². The van der Waals surface area contributed by atoms with E-state index >= 15 is 0 Å². The summed E-state index contributed by atoms with van der Waals surface area (Å²) in [6.07, 6.45) is 3.44. The van der Waals surface area contributed by atoms with E-state index in [0.29, 0.717) is 6.54 Å². The Balaban J connectivity index is 1.93. The van der Waals surface area contributed by atoms with Crippen molar-refractivity contribution in [1.29, 1.82) is 0 Å². The lowest BCUT2D eigenvalue weighted by atomic mass is 10.2. The van der Waals surface area contributed by atoms with Gasteiger partial charge in [-0.2, -0.15) is 0 Å². The number of carbonyl (C=O) groups is 1. The van der Waals surface area contributed by atoms with Crippen LogP contribution in [0, 0.1) is 0 Å². The fraction of sp³-hybridized carbons (Fsp3) is 0.133. The van der Waals surface area contributed by atoms with E-state index in [-0.39, 0.29) is 0 Å². The van der Waals surface area contributed by atoms with E-state index in [2.05, 4.69) is 15.3 Å². The van der Waals surface area contributed by atoms with Crippen LogP contribution in [0.2, 0.25) is 0 Å². The van der Waals surface area contributed by atoms with E-state index in [9.17, 15) is 4.79 Å². The number of nitrogens with zero attached hydrogens (tertiary/aromatic N) is 2. The largest absolute Gasteiger partial charge is 0.497 e. The summed E-state index contributed by atoms with van der Waals surface area (Å²) in [5.74, 6) is 0.780. The zero-order valence-electron chi connectivity index (χ0n) is 11.9. The van der Waals surface area contributed by atoms with Gasteiger partial charge in [0.05, 0.1) is 17.3 Å². The smallest absolute Gasteiger partial charge is 0.312 e. The fourth-order valence-electron chi connectivity index (χ4n) is 2.05. The van der Waals surface area contributed by atoms with E-state index < -0.39 is 6.03 Å². The molecule has 3 aromatic rings. The Labute approximate surface area is 131 Å². The third-order valence-corrected chi connectivity index (χ3v) is 4.19. The minimum Gasteiger partial charge on any atom is -0.497 e. The van der Waals surface area contributed by atoms with Gasteiger partial charge in [-0.1, -0.05) is 0 Å². The van der Waals surface area contributed by atoms with Crippen LogP contribution in [0.15, 0.2) is 36.7 Å². The SMILES string of the molecule is COc1ccc2sc(-c3cncc(CNC(N)=O)c3)nc2c1.